The molecule has 1 saturated carbocycles. The third-order valence-electron chi connectivity index (χ3n) is 5.55. The van der Waals surface area contributed by atoms with Crippen LogP contribution in [0.2, 0.25) is 0 Å². The van der Waals surface area contributed by atoms with Crippen molar-refractivity contribution in [1.82, 2.24) is 9.62 Å². The van der Waals surface area contributed by atoms with Crippen LogP contribution in [0.3, 0.4) is 0 Å². The van der Waals surface area contributed by atoms with Gasteiger partial charge in [-0.2, -0.15) is 4.31 Å². The summed E-state index contributed by atoms with van der Waals surface area (Å²) in [6, 6.07) is 5.24. The molecule has 1 heterocycles. The summed E-state index contributed by atoms with van der Waals surface area (Å²) in [6.45, 7) is 1.15. The zero-order valence-electron chi connectivity index (χ0n) is 16.1. The van der Waals surface area contributed by atoms with E-state index in [2.05, 4.69) is 5.32 Å². The average Bonchev–Trinajstić information content (AvgIpc) is 3.22. The van der Waals surface area contributed by atoms with Crippen molar-refractivity contribution in [2.45, 2.75) is 68.7 Å². The summed E-state index contributed by atoms with van der Waals surface area (Å²) in [5.74, 6) is 0.651. The summed E-state index contributed by atoms with van der Waals surface area (Å²) in [7, 11) is -1.91. The molecule has 0 aromatic heterocycles. The van der Waals surface area contributed by atoms with Crippen LogP contribution < -0.4 is 10.1 Å². The van der Waals surface area contributed by atoms with E-state index < -0.39 is 10.0 Å². The van der Waals surface area contributed by atoms with Crippen LogP contribution in [-0.2, 0) is 21.2 Å². The van der Waals surface area contributed by atoms with Crippen molar-refractivity contribution in [3.8, 4) is 5.75 Å². The SMILES string of the molecule is COc1ccc(S(=O)(=O)N2CCCC2)cc1CCC(=O)NC1CCCCC1. The van der Waals surface area contributed by atoms with E-state index in [1.54, 1.807) is 25.3 Å². The molecule has 1 aromatic carbocycles. The van der Waals surface area contributed by atoms with Gasteiger partial charge in [-0.15, -0.1) is 0 Å². The van der Waals surface area contributed by atoms with E-state index in [0.29, 0.717) is 31.7 Å². The molecule has 3 rings (SSSR count). The molecule has 1 amide bonds. The summed E-state index contributed by atoms with van der Waals surface area (Å²) < 4.78 is 32.5. The highest BCUT2D eigenvalue weighted by Crippen LogP contribution is 2.27. The molecule has 1 aliphatic heterocycles. The minimum Gasteiger partial charge on any atom is -0.496 e. The van der Waals surface area contributed by atoms with Crippen LogP contribution in [0.25, 0.3) is 0 Å². The molecule has 6 nitrogen and oxygen atoms in total. The topological polar surface area (TPSA) is 75.7 Å². The van der Waals surface area contributed by atoms with Gasteiger partial charge in [-0.3, -0.25) is 4.79 Å². The van der Waals surface area contributed by atoms with Gasteiger partial charge in [-0.05, 0) is 55.9 Å². The summed E-state index contributed by atoms with van der Waals surface area (Å²) in [6.07, 6.45) is 8.32. The van der Waals surface area contributed by atoms with Crippen LogP contribution in [0.1, 0.15) is 56.9 Å². The molecule has 150 valence electrons. The number of carbonyl (C=O) groups is 1. The smallest absolute Gasteiger partial charge is 0.243 e. The van der Waals surface area contributed by atoms with E-state index in [-0.39, 0.29) is 16.8 Å². The average molecular weight is 395 g/mol. The van der Waals surface area contributed by atoms with Crippen LogP contribution in [0.5, 0.6) is 5.75 Å². The summed E-state index contributed by atoms with van der Waals surface area (Å²) in [4.78, 5) is 12.6. The van der Waals surface area contributed by atoms with Gasteiger partial charge < -0.3 is 10.1 Å². The molecular formula is C20H30N2O4S. The molecule has 1 saturated heterocycles. The quantitative estimate of drug-likeness (QED) is 0.772. The zero-order valence-corrected chi connectivity index (χ0v) is 16.9. The maximum atomic E-state index is 12.8. The Hall–Kier alpha value is -1.60. The summed E-state index contributed by atoms with van der Waals surface area (Å²) >= 11 is 0. The highest BCUT2D eigenvalue weighted by Gasteiger charge is 2.28. The summed E-state index contributed by atoms with van der Waals surface area (Å²) in [5.41, 5.74) is 0.761. The lowest BCUT2D eigenvalue weighted by Crippen LogP contribution is -2.36. The normalized spacial score (nSPS) is 19.1. The first-order chi connectivity index (χ1) is 13.0. The third-order valence-corrected chi connectivity index (χ3v) is 7.44. The van der Waals surface area contributed by atoms with Crippen LogP contribution in [-0.4, -0.2) is 44.9 Å². The number of benzene rings is 1. The molecule has 2 aliphatic rings. The Morgan fingerprint density at radius 1 is 1.15 bits per heavy atom. The molecule has 0 spiro atoms. The number of amides is 1. The number of sulfonamides is 1. The third kappa shape index (κ3) is 5.02. The molecule has 0 atom stereocenters. The van der Waals surface area contributed by atoms with E-state index in [0.717, 1.165) is 31.2 Å². The number of hydrogen-bond donors (Lipinski definition) is 1. The maximum Gasteiger partial charge on any atom is 0.243 e. The van der Waals surface area contributed by atoms with Crippen LogP contribution in [0, 0.1) is 0 Å². The lowest BCUT2D eigenvalue weighted by molar-refractivity contribution is -0.121. The first-order valence-corrected chi connectivity index (χ1v) is 11.4. The van der Waals surface area contributed by atoms with Crippen LogP contribution >= 0.6 is 0 Å². The fourth-order valence-corrected chi connectivity index (χ4v) is 5.55. The lowest BCUT2D eigenvalue weighted by Gasteiger charge is -2.22. The second-order valence-corrected chi connectivity index (χ2v) is 9.43. The molecule has 7 heteroatoms. The Labute approximate surface area is 162 Å². The predicted molar refractivity (Wildman–Crippen MR) is 104 cm³/mol. The molecule has 27 heavy (non-hydrogen) atoms. The minimum absolute atomic E-state index is 0.0248. The van der Waals surface area contributed by atoms with Crippen molar-refractivity contribution < 1.29 is 17.9 Å². The number of nitrogens with zero attached hydrogens (tertiary/aromatic N) is 1. The molecule has 2 fully saturated rings. The number of hydrogen-bond acceptors (Lipinski definition) is 4. The minimum atomic E-state index is -3.47. The second kappa shape index (κ2) is 9.06. The van der Waals surface area contributed by atoms with Crippen molar-refractivity contribution in [3.63, 3.8) is 0 Å². The van der Waals surface area contributed by atoms with E-state index in [1.807, 2.05) is 0 Å². The Bertz CT molecular complexity index is 751. The van der Waals surface area contributed by atoms with Gasteiger partial charge in [0.1, 0.15) is 5.75 Å². The zero-order chi connectivity index (χ0) is 19.3. The molecule has 1 N–H and O–H groups in total. The number of methoxy groups -OCH3 is 1. The van der Waals surface area contributed by atoms with Crippen molar-refractivity contribution in [1.29, 1.82) is 0 Å². The van der Waals surface area contributed by atoms with E-state index in [9.17, 15) is 13.2 Å². The van der Waals surface area contributed by atoms with Crippen molar-refractivity contribution >= 4 is 15.9 Å². The highest BCUT2D eigenvalue weighted by atomic mass is 32.2. The monoisotopic (exact) mass is 394 g/mol. The van der Waals surface area contributed by atoms with E-state index >= 15 is 0 Å². The maximum absolute atomic E-state index is 12.8. The number of nitrogens with one attached hydrogen (secondary N) is 1. The summed E-state index contributed by atoms with van der Waals surface area (Å²) in [5, 5.41) is 3.11. The van der Waals surface area contributed by atoms with Gasteiger partial charge in [0.05, 0.1) is 12.0 Å². The second-order valence-electron chi connectivity index (χ2n) is 7.49. The first-order valence-electron chi connectivity index (χ1n) is 9.97. The van der Waals surface area contributed by atoms with E-state index in [1.165, 1.54) is 23.6 Å². The Morgan fingerprint density at radius 2 is 1.85 bits per heavy atom. The van der Waals surface area contributed by atoms with Crippen LogP contribution in [0.4, 0.5) is 0 Å². The van der Waals surface area contributed by atoms with Crippen molar-refractivity contribution in [3.05, 3.63) is 23.8 Å². The molecule has 0 unspecified atom stereocenters. The van der Waals surface area contributed by atoms with Crippen molar-refractivity contribution in [2.75, 3.05) is 20.2 Å². The fraction of sp³-hybridized carbons (Fsp3) is 0.650. The molecule has 1 aliphatic carbocycles. The highest BCUT2D eigenvalue weighted by molar-refractivity contribution is 7.89. The molecule has 1 aromatic rings. The Morgan fingerprint density at radius 3 is 2.52 bits per heavy atom. The molecule has 0 bridgehead atoms. The van der Waals surface area contributed by atoms with Gasteiger partial charge >= 0.3 is 0 Å². The predicted octanol–water partition coefficient (Wildman–Crippen LogP) is 2.86. The fourth-order valence-electron chi connectivity index (χ4n) is 3.98. The van der Waals surface area contributed by atoms with Gasteiger partial charge in [-0.25, -0.2) is 8.42 Å². The van der Waals surface area contributed by atoms with E-state index in [4.69, 9.17) is 4.74 Å². The van der Waals surface area contributed by atoms with Gasteiger partial charge in [0.25, 0.3) is 0 Å². The molecule has 0 radical (unpaired) electrons. The number of carbonyl (C=O) groups excluding carboxylic acids is 1. The number of ether oxygens (including phenoxy) is 1. The number of rotatable bonds is 7. The van der Waals surface area contributed by atoms with Gasteiger partial charge in [0, 0.05) is 25.6 Å². The Balaban J connectivity index is 1.67. The van der Waals surface area contributed by atoms with Gasteiger partial charge in [0.15, 0.2) is 0 Å². The van der Waals surface area contributed by atoms with Crippen molar-refractivity contribution in [2.24, 2.45) is 0 Å². The van der Waals surface area contributed by atoms with Gasteiger partial charge in [-0.1, -0.05) is 19.3 Å². The van der Waals surface area contributed by atoms with Gasteiger partial charge in [0.2, 0.25) is 15.9 Å². The van der Waals surface area contributed by atoms with Crippen LogP contribution in [0.15, 0.2) is 23.1 Å². The first kappa shape index (κ1) is 20.1. The Kier molecular flexibility index (Phi) is 6.76. The lowest BCUT2D eigenvalue weighted by atomic mass is 9.95. The largest absolute Gasteiger partial charge is 0.496 e. The standard InChI is InChI=1S/C20H30N2O4S/c1-26-19-11-10-18(27(24,25)22-13-5-6-14-22)15-16(19)9-12-20(23)21-17-7-3-2-4-8-17/h10-11,15,17H,2-9,12-14H2,1H3,(H,21,23). The number of aryl methyl sites for hydroxylation is 1. The molecular weight excluding hydrogens is 364 g/mol.